The Kier molecular flexibility index (Phi) is 17.9. The highest BCUT2D eigenvalue weighted by molar-refractivity contribution is 7.80. The molecule has 0 saturated carbocycles. The highest BCUT2D eigenvalue weighted by atomic mass is 32.1. The van der Waals surface area contributed by atoms with Crippen LogP contribution in [-0.2, 0) is 46.4 Å². The van der Waals surface area contributed by atoms with E-state index < -0.39 is 84.1 Å². The van der Waals surface area contributed by atoms with Gasteiger partial charge in [0, 0.05) is 35.0 Å². The lowest BCUT2D eigenvalue weighted by atomic mass is 10.0. The topological polar surface area (TPSA) is 308 Å². The van der Waals surface area contributed by atoms with E-state index in [9.17, 15) is 48.9 Å². The van der Waals surface area contributed by atoms with Gasteiger partial charge >= 0.3 is 11.9 Å². The summed E-state index contributed by atoms with van der Waals surface area (Å²) in [6, 6.07) is 4.94. The van der Waals surface area contributed by atoms with Crippen molar-refractivity contribution in [2.75, 3.05) is 18.1 Å². The molecule has 6 unspecified atom stereocenters. The standard InChI is InChI=1S/C36H48N8O10S2/c37-12-4-3-7-25(36(53)54)40-34(51)28(17-55)44-35(52)29(18-56)43-33(50)27(15-30(46)47)42-32(49)26(14-20-16-39-24-6-2-1-5-22(20)24)41-31(48)23(38)13-19-8-10-21(45)11-9-19/h1-2,5-6,8-11,16,23,25-29,39,45,55-56H,3-4,7,12-15,17-18,37-38H2,(H,40,51)(H,41,48)(H,42,49)(H,43,50)(H,44,52)(H,46,47)(H,53,54). The van der Waals surface area contributed by atoms with Gasteiger partial charge in [0.15, 0.2) is 0 Å². The van der Waals surface area contributed by atoms with Crippen LogP contribution in [0.3, 0.4) is 0 Å². The minimum Gasteiger partial charge on any atom is -0.508 e. The summed E-state index contributed by atoms with van der Waals surface area (Å²) in [5.41, 5.74) is 13.6. The number of fused-ring (bicyclic) bond motifs is 1. The smallest absolute Gasteiger partial charge is 0.326 e. The maximum absolute atomic E-state index is 13.9. The van der Waals surface area contributed by atoms with Crippen molar-refractivity contribution in [3.63, 3.8) is 0 Å². The van der Waals surface area contributed by atoms with Crippen LogP contribution in [-0.4, -0.2) is 116 Å². The molecular weight excluding hydrogens is 769 g/mol. The van der Waals surface area contributed by atoms with E-state index in [1.54, 1.807) is 36.5 Å². The number of hydrogen-bond donors (Lipinski definition) is 13. The maximum atomic E-state index is 13.9. The Morgan fingerprint density at radius 2 is 1.21 bits per heavy atom. The molecule has 56 heavy (non-hydrogen) atoms. The van der Waals surface area contributed by atoms with Gasteiger partial charge in [0.05, 0.1) is 12.5 Å². The zero-order valence-corrected chi connectivity index (χ0v) is 32.1. The van der Waals surface area contributed by atoms with E-state index in [0.717, 1.165) is 10.9 Å². The predicted octanol–water partition coefficient (Wildman–Crippen LogP) is -1.04. The zero-order valence-electron chi connectivity index (χ0n) is 30.3. The van der Waals surface area contributed by atoms with Crippen LogP contribution in [0, 0.1) is 0 Å². The number of aromatic nitrogens is 1. The van der Waals surface area contributed by atoms with Crippen LogP contribution in [0.15, 0.2) is 54.7 Å². The number of nitrogens with two attached hydrogens (primary N) is 2. The van der Waals surface area contributed by atoms with Gasteiger partial charge in [-0.05, 0) is 61.6 Å². The van der Waals surface area contributed by atoms with Crippen LogP contribution in [0.1, 0.15) is 36.8 Å². The molecule has 2 aromatic carbocycles. The molecule has 6 atom stereocenters. The number of benzene rings is 2. The van der Waals surface area contributed by atoms with Crippen molar-refractivity contribution in [3.8, 4) is 5.75 Å². The number of H-pyrrole nitrogens is 1. The van der Waals surface area contributed by atoms with Gasteiger partial charge in [0.2, 0.25) is 29.5 Å². The van der Waals surface area contributed by atoms with Crippen LogP contribution in [0.2, 0.25) is 0 Å². The summed E-state index contributed by atoms with van der Waals surface area (Å²) in [4.78, 5) is 93.4. The number of carbonyl (C=O) groups is 7. The minimum absolute atomic E-state index is 0.0220. The lowest BCUT2D eigenvalue weighted by Crippen LogP contribution is -2.60. The minimum atomic E-state index is -1.75. The van der Waals surface area contributed by atoms with Crippen LogP contribution in [0.5, 0.6) is 5.75 Å². The maximum Gasteiger partial charge on any atom is 0.326 e. The van der Waals surface area contributed by atoms with Crippen molar-refractivity contribution >= 4 is 77.6 Å². The summed E-state index contributed by atoms with van der Waals surface area (Å²) in [7, 11) is 0. The first kappa shape index (κ1) is 45.1. The number of para-hydroxylation sites is 1. The molecule has 18 nitrogen and oxygen atoms in total. The molecule has 0 aliphatic rings. The van der Waals surface area contributed by atoms with Crippen LogP contribution in [0.4, 0.5) is 0 Å². The largest absolute Gasteiger partial charge is 0.508 e. The van der Waals surface area contributed by atoms with Gasteiger partial charge in [-0.3, -0.25) is 28.8 Å². The summed E-state index contributed by atoms with van der Waals surface area (Å²) in [5, 5.41) is 41.5. The number of unbranched alkanes of at least 4 members (excludes halogenated alkanes) is 1. The molecule has 3 rings (SSSR count). The molecule has 0 fully saturated rings. The van der Waals surface area contributed by atoms with E-state index in [4.69, 9.17) is 11.5 Å². The van der Waals surface area contributed by atoms with Crippen molar-refractivity contribution in [3.05, 3.63) is 65.9 Å². The number of carboxylic acids is 2. The monoisotopic (exact) mass is 816 g/mol. The third kappa shape index (κ3) is 13.8. The lowest BCUT2D eigenvalue weighted by molar-refractivity contribution is -0.142. The quantitative estimate of drug-likeness (QED) is 0.0404. The van der Waals surface area contributed by atoms with Crippen molar-refractivity contribution in [2.24, 2.45) is 11.5 Å². The molecule has 3 aromatic rings. The summed E-state index contributed by atoms with van der Waals surface area (Å²) in [6.07, 6.45) is 1.74. The number of carboxylic acid groups (broad SMARTS) is 2. The number of aromatic hydroxyl groups is 1. The average molecular weight is 817 g/mol. The summed E-state index contributed by atoms with van der Waals surface area (Å²) < 4.78 is 0. The van der Waals surface area contributed by atoms with E-state index in [1.165, 1.54) is 12.1 Å². The molecular formula is C36H48N8O10S2. The Balaban J connectivity index is 1.77. The zero-order chi connectivity index (χ0) is 41.4. The predicted molar refractivity (Wildman–Crippen MR) is 212 cm³/mol. The molecule has 0 spiro atoms. The Morgan fingerprint density at radius 1 is 0.679 bits per heavy atom. The Bertz CT molecular complexity index is 1840. The molecule has 0 aliphatic heterocycles. The van der Waals surface area contributed by atoms with E-state index in [-0.39, 0.29) is 36.5 Å². The number of nitrogens with one attached hydrogen (secondary N) is 6. The molecule has 13 N–H and O–H groups in total. The summed E-state index contributed by atoms with van der Waals surface area (Å²) in [5.74, 6) is -7.84. The third-order valence-electron chi connectivity index (χ3n) is 8.67. The van der Waals surface area contributed by atoms with Gasteiger partial charge in [-0.1, -0.05) is 30.3 Å². The van der Waals surface area contributed by atoms with Gasteiger partial charge in [-0.15, -0.1) is 0 Å². The van der Waals surface area contributed by atoms with E-state index in [1.807, 2.05) is 6.07 Å². The van der Waals surface area contributed by atoms with E-state index >= 15 is 0 Å². The Morgan fingerprint density at radius 3 is 1.79 bits per heavy atom. The summed E-state index contributed by atoms with van der Waals surface area (Å²) >= 11 is 8.21. The second kappa shape index (κ2) is 22.3. The summed E-state index contributed by atoms with van der Waals surface area (Å²) in [6.45, 7) is 0.337. The van der Waals surface area contributed by atoms with Crippen LogP contribution >= 0.6 is 25.3 Å². The second-order valence-corrected chi connectivity index (χ2v) is 13.7. The number of phenols is 1. The Hall–Kier alpha value is -5.31. The van der Waals surface area contributed by atoms with Crippen molar-refractivity contribution in [2.45, 2.75) is 74.8 Å². The first-order chi connectivity index (χ1) is 26.7. The number of aliphatic carboxylic acids is 2. The molecule has 1 aromatic heterocycles. The van der Waals surface area contributed by atoms with Crippen molar-refractivity contribution < 1.29 is 48.9 Å². The van der Waals surface area contributed by atoms with Crippen LogP contribution < -0.4 is 38.1 Å². The highest BCUT2D eigenvalue weighted by Gasteiger charge is 2.33. The van der Waals surface area contributed by atoms with Crippen LogP contribution in [0.25, 0.3) is 10.9 Å². The molecule has 5 amide bonds. The van der Waals surface area contributed by atoms with Gasteiger partial charge in [-0.25, -0.2) is 4.79 Å². The molecule has 0 aliphatic carbocycles. The fourth-order valence-electron chi connectivity index (χ4n) is 5.60. The SMILES string of the molecule is NCCCCC(NC(=O)C(CS)NC(=O)C(CS)NC(=O)C(CC(=O)O)NC(=O)C(Cc1c[nH]c2ccccc12)NC(=O)C(N)Cc1ccc(O)cc1)C(=O)O. The van der Waals surface area contributed by atoms with E-state index in [2.05, 4.69) is 56.8 Å². The van der Waals surface area contributed by atoms with Gasteiger partial charge in [-0.2, -0.15) is 25.3 Å². The number of phenolic OH excluding ortho intramolecular Hbond substituents is 1. The van der Waals surface area contributed by atoms with Gasteiger partial charge in [0.1, 0.15) is 36.0 Å². The molecule has 1 heterocycles. The first-order valence-corrected chi connectivity index (χ1v) is 18.9. The molecule has 304 valence electrons. The third-order valence-corrected chi connectivity index (χ3v) is 9.40. The van der Waals surface area contributed by atoms with E-state index in [0.29, 0.717) is 30.5 Å². The first-order valence-electron chi connectivity index (χ1n) is 17.6. The van der Waals surface area contributed by atoms with Gasteiger partial charge < -0.3 is 58.4 Å². The second-order valence-electron chi connectivity index (χ2n) is 12.9. The van der Waals surface area contributed by atoms with Crippen molar-refractivity contribution in [1.29, 1.82) is 0 Å². The van der Waals surface area contributed by atoms with Crippen molar-refractivity contribution in [1.82, 2.24) is 31.6 Å². The number of thiol groups is 2. The Labute approximate surface area is 333 Å². The number of rotatable bonds is 23. The highest BCUT2D eigenvalue weighted by Crippen LogP contribution is 2.20. The molecule has 0 radical (unpaired) electrons. The number of aromatic amines is 1. The lowest BCUT2D eigenvalue weighted by Gasteiger charge is -2.26. The number of carbonyl (C=O) groups excluding carboxylic acids is 5. The average Bonchev–Trinajstić information content (AvgIpc) is 3.57. The fourth-order valence-corrected chi connectivity index (χ4v) is 6.11. The number of hydrogen-bond acceptors (Lipinski definition) is 12. The molecule has 0 saturated heterocycles. The number of amides is 5. The molecule has 20 heteroatoms. The fraction of sp³-hybridized carbons (Fsp3) is 0.417. The molecule has 0 bridgehead atoms. The van der Waals surface area contributed by atoms with Gasteiger partial charge in [0.25, 0.3) is 0 Å². The normalized spacial score (nSPS) is 14.3.